The number of nitrogen functional groups attached to an aromatic ring is 1. The van der Waals surface area contributed by atoms with E-state index in [0.29, 0.717) is 11.6 Å². The molecule has 2 aromatic heterocycles. The van der Waals surface area contributed by atoms with Crippen LogP contribution in [0.2, 0.25) is 0 Å². The van der Waals surface area contributed by atoms with Gasteiger partial charge in [0.2, 0.25) is 0 Å². The van der Waals surface area contributed by atoms with E-state index in [1.165, 1.54) is 16.5 Å². The molecule has 0 saturated carbocycles. The van der Waals surface area contributed by atoms with Gasteiger partial charge in [-0.05, 0) is 24.6 Å². The number of hydrogen-bond acceptors (Lipinski definition) is 3. The van der Waals surface area contributed by atoms with Crippen molar-refractivity contribution >= 4 is 16.7 Å². The van der Waals surface area contributed by atoms with Crippen molar-refractivity contribution in [1.82, 2.24) is 9.72 Å². The first-order chi connectivity index (χ1) is 8.16. The summed E-state index contributed by atoms with van der Waals surface area (Å²) >= 11 is 0. The molecule has 2 heterocycles. The number of rotatable bonds is 1. The van der Waals surface area contributed by atoms with E-state index in [0.717, 1.165) is 5.69 Å². The van der Waals surface area contributed by atoms with Crippen molar-refractivity contribution in [2.24, 2.45) is 7.05 Å². The summed E-state index contributed by atoms with van der Waals surface area (Å²) < 4.78 is 7.29. The predicted octanol–water partition coefficient (Wildman–Crippen LogP) is 2.72. The average Bonchev–Trinajstić information content (AvgIpc) is 2.85. The summed E-state index contributed by atoms with van der Waals surface area (Å²) in [5, 5.41) is 4.94. The molecular formula is C13H13N3O. The van der Waals surface area contributed by atoms with Gasteiger partial charge >= 0.3 is 0 Å². The normalized spacial score (nSPS) is 11.2. The summed E-state index contributed by atoms with van der Waals surface area (Å²) in [6.07, 6.45) is 0. The SMILES string of the molecule is Cc1cccc2c1cc(-c1cc(N)no1)n2C. The van der Waals surface area contributed by atoms with Gasteiger partial charge in [-0.3, -0.25) is 0 Å². The molecule has 0 fully saturated rings. The van der Waals surface area contributed by atoms with Gasteiger partial charge in [-0.1, -0.05) is 17.3 Å². The van der Waals surface area contributed by atoms with Gasteiger partial charge in [-0.2, -0.15) is 0 Å². The topological polar surface area (TPSA) is 57.0 Å². The van der Waals surface area contributed by atoms with Crippen molar-refractivity contribution in [3.05, 3.63) is 35.9 Å². The van der Waals surface area contributed by atoms with Crippen LogP contribution >= 0.6 is 0 Å². The maximum atomic E-state index is 5.58. The van der Waals surface area contributed by atoms with E-state index in [1.54, 1.807) is 6.07 Å². The number of hydrogen-bond donors (Lipinski definition) is 1. The lowest BCUT2D eigenvalue weighted by Gasteiger charge is -2.00. The van der Waals surface area contributed by atoms with Crippen LogP contribution in [0, 0.1) is 6.92 Å². The van der Waals surface area contributed by atoms with Crippen molar-refractivity contribution in [1.29, 1.82) is 0 Å². The standard InChI is InChI=1S/C13H13N3O/c1-8-4-3-5-10-9(8)6-11(16(10)2)12-7-13(14)15-17-12/h3-7H,1-2H3,(H2,14,15). The Morgan fingerprint density at radius 3 is 2.76 bits per heavy atom. The fraction of sp³-hybridized carbons (Fsp3) is 0.154. The number of anilines is 1. The lowest BCUT2D eigenvalue weighted by Crippen LogP contribution is -1.89. The average molecular weight is 227 g/mol. The third kappa shape index (κ3) is 1.41. The van der Waals surface area contributed by atoms with Crippen LogP contribution in [0.15, 0.2) is 34.9 Å². The van der Waals surface area contributed by atoms with Crippen LogP contribution in [-0.2, 0) is 7.05 Å². The minimum Gasteiger partial charge on any atom is -0.381 e. The van der Waals surface area contributed by atoms with Crippen molar-refractivity contribution in [3.8, 4) is 11.5 Å². The van der Waals surface area contributed by atoms with Crippen LogP contribution in [0.4, 0.5) is 5.82 Å². The van der Waals surface area contributed by atoms with Gasteiger partial charge in [0, 0.05) is 24.0 Å². The molecule has 3 aromatic rings. The number of aryl methyl sites for hydroxylation is 2. The van der Waals surface area contributed by atoms with Gasteiger partial charge in [-0.15, -0.1) is 0 Å². The minimum absolute atomic E-state index is 0.405. The third-order valence-corrected chi connectivity index (χ3v) is 3.09. The molecular weight excluding hydrogens is 214 g/mol. The molecule has 0 atom stereocenters. The van der Waals surface area contributed by atoms with E-state index in [4.69, 9.17) is 10.3 Å². The van der Waals surface area contributed by atoms with Crippen molar-refractivity contribution in [2.45, 2.75) is 6.92 Å². The fourth-order valence-corrected chi connectivity index (χ4v) is 2.15. The molecule has 1 aromatic carbocycles. The highest BCUT2D eigenvalue weighted by molar-refractivity contribution is 5.88. The quantitative estimate of drug-likeness (QED) is 0.695. The molecule has 4 nitrogen and oxygen atoms in total. The lowest BCUT2D eigenvalue weighted by molar-refractivity contribution is 0.433. The highest BCUT2D eigenvalue weighted by Gasteiger charge is 2.12. The maximum Gasteiger partial charge on any atom is 0.185 e. The van der Waals surface area contributed by atoms with E-state index in [-0.39, 0.29) is 0 Å². The summed E-state index contributed by atoms with van der Waals surface area (Å²) in [7, 11) is 2.01. The van der Waals surface area contributed by atoms with Gasteiger partial charge < -0.3 is 14.8 Å². The first-order valence-electron chi connectivity index (χ1n) is 5.44. The molecule has 86 valence electrons. The van der Waals surface area contributed by atoms with Gasteiger partial charge in [-0.25, -0.2) is 0 Å². The second-order valence-corrected chi connectivity index (χ2v) is 4.21. The molecule has 2 N–H and O–H groups in total. The number of nitrogens with two attached hydrogens (primary N) is 1. The monoisotopic (exact) mass is 227 g/mol. The van der Waals surface area contributed by atoms with E-state index in [9.17, 15) is 0 Å². The Hall–Kier alpha value is -2.23. The van der Waals surface area contributed by atoms with E-state index >= 15 is 0 Å². The molecule has 17 heavy (non-hydrogen) atoms. The molecule has 0 aliphatic carbocycles. The Kier molecular flexibility index (Phi) is 1.98. The molecule has 0 spiro atoms. The van der Waals surface area contributed by atoms with Gasteiger partial charge in [0.1, 0.15) is 0 Å². The Morgan fingerprint density at radius 1 is 1.29 bits per heavy atom. The smallest absolute Gasteiger partial charge is 0.185 e. The van der Waals surface area contributed by atoms with Crippen LogP contribution in [0.5, 0.6) is 0 Å². The Bertz CT molecular complexity index is 694. The second-order valence-electron chi connectivity index (χ2n) is 4.21. The highest BCUT2D eigenvalue weighted by Crippen LogP contribution is 2.29. The Balaban J connectivity index is 2.31. The summed E-state index contributed by atoms with van der Waals surface area (Å²) in [4.78, 5) is 0. The van der Waals surface area contributed by atoms with Gasteiger partial charge in [0.05, 0.1) is 5.69 Å². The van der Waals surface area contributed by atoms with Crippen LogP contribution in [0.3, 0.4) is 0 Å². The number of benzene rings is 1. The van der Waals surface area contributed by atoms with Gasteiger partial charge in [0.25, 0.3) is 0 Å². The molecule has 0 amide bonds. The number of nitrogens with zero attached hydrogens (tertiary/aromatic N) is 2. The fourth-order valence-electron chi connectivity index (χ4n) is 2.15. The zero-order valence-corrected chi connectivity index (χ0v) is 9.77. The first-order valence-corrected chi connectivity index (χ1v) is 5.44. The zero-order valence-electron chi connectivity index (χ0n) is 9.77. The lowest BCUT2D eigenvalue weighted by atomic mass is 10.1. The predicted molar refractivity (Wildman–Crippen MR) is 67.6 cm³/mol. The second kappa shape index (κ2) is 3.38. The van der Waals surface area contributed by atoms with E-state index in [1.807, 2.05) is 7.05 Å². The van der Waals surface area contributed by atoms with Crippen LogP contribution in [0.25, 0.3) is 22.4 Å². The molecule has 0 aliphatic heterocycles. The highest BCUT2D eigenvalue weighted by atomic mass is 16.5. The molecule has 0 aliphatic rings. The molecule has 0 bridgehead atoms. The number of fused-ring (bicyclic) bond motifs is 1. The Labute approximate surface area is 98.6 Å². The largest absolute Gasteiger partial charge is 0.381 e. The van der Waals surface area contributed by atoms with Crippen LogP contribution in [0.1, 0.15) is 5.56 Å². The summed E-state index contributed by atoms with van der Waals surface area (Å²) in [6, 6.07) is 10.1. The minimum atomic E-state index is 0.405. The van der Waals surface area contributed by atoms with Crippen LogP contribution < -0.4 is 5.73 Å². The molecule has 0 saturated heterocycles. The summed E-state index contributed by atoms with van der Waals surface area (Å²) in [5.41, 5.74) is 8.98. The first kappa shape index (κ1) is 9.96. The maximum absolute atomic E-state index is 5.58. The van der Waals surface area contributed by atoms with Crippen molar-refractivity contribution in [2.75, 3.05) is 5.73 Å². The van der Waals surface area contributed by atoms with E-state index < -0.39 is 0 Å². The molecule has 0 unspecified atom stereocenters. The summed E-state index contributed by atoms with van der Waals surface area (Å²) in [5.74, 6) is 1.10. The van der Waals surface area contributed by atoms with Crippen LogP contribution in [-0.4, -0.2) is 9.72 Å². The molecule has 3 rings (SSSR count). The van der Waals surface area contributed by atoms with Crippen molar-refractivity contribution < 1.29 is 4.52 Å². The zero-order chi connectivity index (χ0) is 12.0. The Morgan fingerprint density at radius 2 is 2.12 bits per heavy atom. The molecule has 0 radical (unpaired) electrons. The van der Waals surface area contributed by atoms with Gasteiger partial charge in [0.15, 0.2) is 11.6 Å². The molecule has 4 heteroatoms. The summed E-state index contributed by atoms with van der Waals surface area (Å²) in [6.45, 7) is 2.10. The van der Waals surface area contributed by atoms with E-state index in [2.05, 4.69) is 40.9 Å². The number of aromatic nitrogens is 2. The van der Waals surface area contributed by atoms with Crippen molar-refractivity contribution in [3.63, 3.8) is 0 Å². The third-order valence-electron chi connectivity index (χ3n) is 3.09.